The van der Waals surface area contributed by atoms with Crippen molar-refractivity contribution in [3.05, 3.63) is 126 Å². The summed E-state index contributed by atoms with van der Waals surface area (Å²) in [5.41, 5.74) is 9.19. The molecule has 0 saturated heterocycles. The smallest absolute Gasteiger partial charge is 0.00934 e. The zero-order chi connectivity index (χ0) is 21.8. The lowest BCUT2D eigenvalue weighted by molar-refractivity contribution is 1.56. The summed E-state index contributed by atoms with van der Waals surface area (Å²) in [6.07, 6.45) is 8.14. The molecule has 4 aromatic rings. The fourth-order valence-corrected chi connectivity index (χ4v) is 3.91. The van der Waals surface area contributed by atoms with Gasteiger partial charge in [0.05, 0.1) is 0 Å². The molecular formula is C31H26. The first-order valence-corrected chi connectivity index (χ1v) is 10.5. The van der Waals surface area contributed by atoms with Gasteiger partial charge in [0.15, 0.2) is 0 Å². The van der Waals surface area contributed by atoms with E-state index in [1.54, 1.807) is 0 Å². The van der Waals surface area contributed by atoms with E-state index < -0.39 is 0 Å². The second-order valence-electron chi connectivity index (χ2n) is 7.74. The summed E-state index contributed by atoms with van der Waals surface area (Å²) < 4.78 is 0. The molecule has 0 bridgehead atoms. The standard InChI is InChI=1S/C31H26/c1-5-25-21-30(27-10-8-7-9-11-27)29-19-16-24(20-31(29)28(25)6-2)13-12-23-14-17-26(18-15-23)22(3)4/h5-21H,1-3H2,4H3. The van der Waals surface area contributed by atoms with Gasteiger partial charge in [-0.1, -0.05) is 116 Å². The van der Waals surface area contributed by atoms with Crippen LogP contribution in [0.4, 0.5) is 0 Å². The molecule has 0 nitrogen and oxygen atoms in total. The molecule has 0 fully saturated rings. The maximum Gasteiger partial charge on any atom is -0.00934 e. The lowest BCUT2D eigenvalue weighted by Gasteiger charge is -2.14. The van der Waals surface area contributed by atoms with Gasteiger partial charge in [0.2, 0.25) is 0 Å². The molecule has 0 heterocycles. The molecule has 4 aromatic carbocycles. The van der Waals surface area contributed by atoms with Gasteiger partial charge >= 0.3 is 0 Å². The van der Waals surface area contributed by atoms with Crippen molar-refractivity contribution in [2.75, 3.05) is 0 Å². The van der Waals surface area contributed by atoms with E-state index >= 15 is 0 Å². The first-order chi connectivity index (χ1) is 15.1. The molecule has 0 N–H and O–H groups in total. The molecular weight excluding hydrogens is 372 g/mol. The van der Waals surface area contributed by atoms with Crippen LogP contribution >= 0.6 is 0 Å². The Balaban J connectivity index is 1.81. The highest BCUT2D eigenvalue weighted by molar-refractivity contribution is 6.04. The zero-order valence-electron chi connectivity index (χ0n) is 17.9. The molecule has 0 aliphatic rings. The average molecular weight is 399 g/mol. The Hall–Kier alpha value is -3.90. The van der Waals surface area contributed by atoms with Crippen LogP contribution in [0.5, 0.6) is 0 Å². The summed E-state index contributed by atoms with van der Waals surface area (Å²) in [4.78, 5) is 0. The molecule has 0 aromatic heterocycles. The first kappa shape index (κ1) is 20.4. The minimum atomic E-state index is 1.08. The third kappa shape index (κ3) is 4.20. The number of benzene rings is 4. The van der Waals surface area contributed by atoms with Gasteiger partial charge in [-0.25, -0.2) is 0 Å². The third-order valence-electron chi connectivity index (χ3n) is 5.62. The fourth-order valence-electron chi connectivity index (χ4n) is 3.91. The van der Waals surface area contributed by atoms with Crippen LogP contribution in [0.3, 0.4) is 0 Å². The number of rotatable bonds is 6. The molecule has 0 unspecified atom stereocenters. The van der Waals surface area contributed by atoms with E-state index in [0.29, 0.717) is 0 Å². The quantitative estimate of drug-likeness (QED) is 0.284. The van der Waals surface area contributed by atoms with Gasteiger partial charge in [0.1, 0.15) is 0 Å². The molecule has 0 heteroatoms. The Morgan fingerprint density at radius 3 is 2.03 bits per heavy atom. The van der Waals surface area contributed by atoms with Crippen molar-refractivity contribution in [1.29, 1.82) is 0 Å². The van der Waals surface area contributed by atoms with Crippen molar-refractivity contribution in [1.82, 2.24) is 0 Å². The van der Waals surface area contributed by atoms with Gasteiger partial charge < -0.3 is 0 Å². The van der Waals surface area contributed by atoms with E-state index in [0.717, 1.165) is 22.3 Å². The second kappa shape index (κ2) is 8.85. The van der Waals surface area contributed by atoms with Crippen molar-refractivity contribution >= 4 is 40.6 Å². The Kier molecular flexibility index (Phi) is 5.82. The Morgan fingerprint density at radius 2 is 1.39 bits per heavy atom. The van der Waals surface area contributed by atoms with E-state index in [1.807, 2.05) is 25.1 Å². The molecule has 0 aliphatic heterocycles. The molecule has 0 spiro atoms. The predicted molar refractivity (Wildman–Crippen MR) is 140 cm³/mol. The molecule has 0 atom stereocenters. The van der Waals surface area contributed by atoms with Crippen LogP contribution in [0.2, 0.25) is 0 Å². The van der Waals surface area contributed by atoms with Crippen molar-refractivity contribution in [2.24, 2.45) is 0 Å². The monoisotopic (exact) mass is 398 g/mol. The zero-order valence-corrected chi connectivity index (χ0v) is 17.9. The van der Waals surface area contributed by atoms with Gasteiger partial charge in [-0.05, 0) is 68.8 Å². The van der Waals surface area contributed by atoms with Crippen LogP contribution in [0.15, 0.2) is 98.6 Å². The first-order valence-electron chi connectivity index (χ1n) is 10.5. The Morgan fingerprint density at radius 1 is 0.710 bits per heavy atom. The molecule has 150 valence electrons. The summed E-state index contributed by atoms with van der Waals surface area (Å²) in [7, 11) is 0. The molecule has 0 radical (unpaired) electrons. The minimum Gasteiger partial charge on any atom is -0.0984 e. The van der Waals surface area contributed by atoms with Crippen molar-refractivity contribution in [3.63, 3.8) is 0 Å². The predicted octanol–water partition coefficient (Wildman–Crippen LogP) is 9.00. The summed E-state index contributed by atoms with van der Waals surface area (Å²) in [6.45, 7) is 14.1. The van der Waals surface area contributed by atoms with E-state index in [2.05, 4.69) is 105 Å². The normalized spacial score (nSPS) is 11.0. The highest BCUT2D eigenvalue weighted by atomic mass is 14.1. The second-order valence-corrected chi connectivity index (χ2v) is 7.74. The summed E-state index contributed by atoms with van der Waals surface area (Å²) in [5.74, 6) is 0. The SMILES string of the molecule is C=Cc1cc(-c2ccccc2)c2ccc(C=Cc3ccc(C(=C)C)cc3)cc2c1C=C. The number of hydrogen-bond acceptors (Lipinski definition) is 0. The lowest BCUT2D eigenvalue weighted by Crippen LogP contribution is -1.90. The topological polar surface area (TPSA) is 0 Å². The van der Waals surface area contributed by atoms with Gasteiger partial charge in [-0.2, -0.15) is 0 Å². The molecule has 0 aliphatic carbocycles. The highest BCUT2D eigenvalue weighted by Crippen LogP contribution is 2.35. The van der Waals surface area contributed by atoms with Crippen LogP contribution in [-0.2, 0) is 0 Å². The van der Waals surface area contributed by atoms with Crippen LogP contribution in [0.1, 0.15) is 34.7 Å². The maximum atomic E-state index is 4.06. The van der Waals surface area contributed by atoms with E-state index in [9.17, 15) is 0 Å². The largest absolute Gasteiger partial charge is 0.0984 e. The van der Waals surface area contributed by atoms with Gasteiger partial charge in [0, 0.05) is 0 Å². The van der Waals surface area contributed by atoms with Crippen molar-refractivity contribution in [2.45, 2.75) is 6.92 Å². The van der Waals surface area contributed by atoms with Gasteiger partial charge in [-0.15, -0.1) is 0 Å². The van der Waals surface area contributed by atoms with Gasteiger partial charge in [0.25, 0.3) is 0 Å². The lowest BCUT2D eigenvalue weighted by atomic mass is 9.90. The van der Waals surface area contributed by atoms with Crippen molar-refractivity contribution in [3.8, 4) is 11.1 Å². The van der Waals surface area contributed by atoms with Crippen LogP contribution < -0.4 is 0 Å². The average Bonchev–Trinajstić information content (AvgIpc) is 2.82. The third-order valence-corrected chi connectivity index (χ3v) is 5.62. The Bertz CT molecular complexity index is 1300. The molecule has 0 amide bonds. The van der Waals surface area contributed by atoms with E-state index in [4.69, 9.17) is 0 Å². The number of hydrogen-bond donors (Lipinski definition) is 0. The van der Waals surface area contributed by atoms with Crippen molar-refractivity contribution < 1.29 is 0 Å². The maximum absolute atomic E-state index is 4.06. The van der Waals surface area contributed by atoms with Crippen LogP contribution in [0.25, 0.3) is 51.8 Å². The Labute approximate surface area is 185 Å². The van der Waals surface area contributed by atoms with Crippen LogP contribution in [0, 0.1) is 0 Å². The summed E-state index contributed by atoms with van der Waals surface area (Å²) in [6, 6.07) is 27.8. The van der Waals surface area contributed by atoms with E-state index in [-0.39, 0.29) is 0 Å². The molecule has 4 rings (SSSR count). The highest BCUT2D eigenvalue weighted by Gasteiger charge is 2.10. The number of allylic oxidation sites excluding steroid dienone is 1. The number of fused-ring (bicyclic) bond motifs is 1. The minimum absolute atomic E-state index is 1.08. The van der Waals surface area contributed by atoms with Crippen LogP contribution in [-0.4, -0.2) is 0 Å². The molecule has 31 heavy (non-hydrogen) atoms. The molecule has 0 saturated carbocycles. The fraction of sp³-hybridized carbons (Fsp3) is 0.0323. The summed E-state index contributed by atoms with van der Waals surface area (Å²) >= 11 is 0. The van der Waals surface area contributed by atoms with Gasteiger partial charge in [-0.3, -0.25) is 0 Å². The van der Waals surface area contributed by atoms with E-state index in [1.165, 1.54) is 33.0 Å². The summed E-state index contributed by atoms with van der Waals surface area (Å²) in [5, 5.41) is 2.40.